The number of aliphatic hydroxyl groups is 1. The van der Waals surface area contributed by atoms with Crippen LogP contribution in [0.25, 0.3) is 0 Å². The average Bonchev–Trinajstić information content (AvgIpc) is 2.49. The lowest BCUT2D eigenvalue weighted by atomic mass is 10.2. The minimum absolute atomic E-state index is 0.0441. The van der Waals surface area contributed by atoms with Crippen LogP contribution in [0, 0.1) is 0 Å². The van der Waals surface area contributed by atoms with Crippen LogP contribution in [0.2, 0.25) is 0 Å². The van der Waals surface area contributed by atoms with Crippen molar-refractivity contribution in [2.24, 2.45) is 0 Å². The predicted molar refractivity (Wildman–Crippen MR) is 72.3 cm³/mol. The van der Waals surface area contributed by atoms with Gasteiger partial charge in [-0.2, -0.15) is 0 Å². The summed E-state index contributed by atoms with van der Waals surface area (Å²) in [5.41, 5.74) is 0.833. The predicted octanol–water partition coefficient (Wildman–Crippen LogP) is 1.06. The van der Waals surface area contributed by atoms with E-state index in [2.05, 4.69) is 5.32 Å². The van der Waals surface area contributed by atoms with Crippen LogP contribution in [0.4, 0.5) is 4.79 Å². The molecule has 0 heterocycles. The number of aliphatic hydroxyl groups excluding tert-OH is 1. The van der Waals surface area contributed by atoms with Gasteiger partial charge in [-0.25, -0.2) is 4.79 Å². The van der Waals surface area contributed by atoms with E-state index in [9.17, 15) is 14.7 Å². The maximum atomic E-state index is 11.3. The molecule has 0 bridgehead atoms. The molecule has 110 valence electrons. The number of hydrogen-bond donors (Lipinski definition) is 2. The first-order valence-corrected chi connectivity index (χ1v) is 6.49. The molecule has 0 saturated heterocycles. The zero-order chi connectivity index (χ0) is 14.8. The van der Waals surface area contributed by atoms with Gasteiger partial charge in [0.2, 0.25) is 5.91 Å². The summed E-state index contributed by atoms with van der Waals surface area (Å²) in [4.78, 5) is 22.1. The molecular weight excluding hydrogens is 286 g/mol. The van der Waals surface area contributed by atoms with E-state index in [0.29, 0.717) is 0 Å². The molecule has 0 aliphatic rings. The number of nitrogens with one attached hydrogen (secondary N) is 1. The first-order chi connectivity index (χ1) is 9.61. The summed E-state index contributed by atoms with van der Waals surface area (Å²) in [7, 11) is 0. The molecule has 2 N–H and O–H groups in total. The molecule has 1 amide bonds. The molecule has 0 saturated carbocycles. The van der Waals surface area contributed by atoms with E-state index in [0.717, 1.165) is 5.56 Å². The average molecular weight is 302 g/mol. The van der Waals surface area contributed by atoms with Crippen molar-refractivity contribution in [1.29, 1.82) is 0 Å². The standard InChI is InChI=1S/C13H16ClNO5/c14-6-12(17)15-7-11(16)9-20-13(18)19-8-10-4-2-1-3-5-10/h1-5,11,16H,6-9H2,(H,15,17). The second-order valence-corrected chi connectivity index (χ2v) is 4.19. The first-order valence-electron chi connectivity index (χ1n) is 5.96. The zero-order valence-electron chi connectivity index (χ0n) is 10.8. The second-order valence-electron chi connectivity index (χ2n) is 3.93. The van der Waals surface area contributed by atoms with Gasteiger partial charge in [0.05, 0.1) is 0 Å². The summed E-state index contributed by atoms with van der Waals surface area (Å²) in [6.07, 6.45) is -1.89. The lowest BCUT2D eigenvalue weighted by Gasteiger charge is -2.12. The first kappa shape index (κ1) is 16.3. The number of carbonyl (C=O) groups excluding carboxylic acids is 2. The van der Waals surface area contributed by atoms with Gasteiger partial charge in [0.1, 0.15) is 25.2 Å². The van der Waals surface area contributed by atoms with E-state index in [-0.39, 0.29) is 25.6 Å². The van der Waals surface area contributed by atoms with Crippen molar-refractivity contribution in [1.82, 2.24) is 5.32 Å². The van der Waals surface area contributed by atoms with Crippen LogP contribution in [-0.4, -0.2) is 42.3 Å². The third-order valence-electron chi connectivity index (χ3n) is 2.25. The summed E-state index contributed by atoms with van der Waals surface area (Å²) in [6, 6.07) is 9.13. The molecule has 0 radical (unpaired) electrons. The highest BCUT2D eigenvalue weighted by Gasteiger charge is 2.11. The van der Waals surface area contributed by atoms with Crippen molar-refractivity contribution >= 4 is 23.7 Å². The van der Waals surface area contributed by atoms with Gasteiger partial charge >= 0.3 is 6.16 Å². The van der Waals surface area contributed by atoms with E-state index in [4.69, 9.17) is 21.1 Å². The molecule has 0 spiro atoms. The Hall–Kier alpha value is -1.79. The van der Waals surface area contributed by atoms with Crippen LogP contribution in [0.1, 0.15) is 5.56 Å². The van der Waals surface area contributed by atoms with E-state index >= 15 is 0 Å². The molecule has 0 aromatic heterocycles. The van der Waals surface area contributed by atoms with Gasteiger partial charge in [0, 0.05) is 6.54 Å². The van der Waals surface area contributed by atoms with E-state index in [1.54, 1.807) is 0 Å². The van der Waals surface area contributed by atoms with Gasteiger partial charge in [-0.05, 0) is 5.56 Å². The van der Waals surface area contributed by atoms with Crippen LogP contribution in [0.3, 0.4) is 0 Å². The van der Waals surface area contributed by atoms with Gasteiger partial charge in [0.15, 0.2) is 0 Å². The Balaban J connectivity index is 2.15. The zero-order valence-corrected chi connectivity index (χ0v) is 11.5. The SMILES string of the molecule is O=C(CCl)NCC(O)COC(=O)OCc1ccccc1. The van der Waals surface area contributed by atoms with Crippen molar-refractivity contribution < 1.29 is 24.2 Å². The highest BCUT2D eigenvalue weighted by atomic mass is 35.5. The third kappa shape index (κ3) is 6.96. The normalized spacial score (nSPS) is 11.5. The minimum atomic E-state index is -1.01. The Morgan fingerprint density at radius 3 is 2.60 bits per heavy atom. The van der Waals surface area contributed by atoms with Crippen molar-refractivity contribution in [3.05, 3.63) is 35.9 Å². The molecule has 7 heteroatoms. The van der Waals surface area contributed by atoms with Gasteiger partial charge < -0.3 is 19.9 Å². The molecule has 0 aliphatic carbocycles. The van der Waals surface area contributed by atoms with Crippen molar-refractivity contribution in [2.45, 2.75) is 12.7 Å². The number of amides is 1. The number of hydrogen-bond acceptors (Lipinski definition) is 5. The van der Waals surface area contributed by atoms with Gasteiger partial charge in [-0.3, -0.25) is 4.79 Å². The Morgan fingerprint density at radius 1 is 1.25 bits per heavy atom. The summed E-state index contributed by atoms with van der Waals surface area (Å²) in [6.45, 7) is -0.216. The van der Waals surface area contributed by atoms with Crippen LogP contribution in [0.5, 0.6) is 0 Å². The maximum absolute atomic E-state index is 11.3. The quantitative estimate of drug-likeness (QED) is 0.581. The molecule has 1 aromatic carbocycles. The fourth-order valence-corrected chi connectivity index (χ4v) is 1.35. The smallest absolute Gasteiger partial charge is 0.431 e. The lowest BCUT2D eigenvalue weighted by Crippen LogP contribution is -2.35. The van der Waals surface area contributed by atoms with E-state index in [1.807, 2.05) is 30.3 Å². The largest absolute Gasteiger partial charge is 0.508 e. The summed E-state index contributed by atoms with van der Waals surface area (Å²) < 4.78 is 9.54. The lowest BCUT2D eigenvalue weighted by molar-refractivity contribution is -0.119. The topological polar surface area (TPSA) is 84.9 Å². The Bertz CT molecular complexity index is 426. The van der Waals surface area contributed by atoms with E-state index < -0.39 is 18.2 Å². The molecule has 0 fully saturated rings. The fourth-order valence-electron chi connectivity index (χ4n) is 1.26. The Morgan fingerprint density at radius 2 is 1.95 bits per heavy atom. The monoisotopic (exact) mass is 301 g/mol. The number of rotatable bonds is 7. The summed E-state index contributed by atoms with van der Waals surface area (Å²) >= 11 is 5.26. The fraction of sp³-hybridized carbons (Fsp3) is 0.385. The molecular formula is C13H16ClNO5. The van der Waals surface area contributed by atoms with Crippen LogP contribution in [-0.2, 0) is 20.9 Å². The second kappa shape index (κ2) is 9.17. The summed E-state index contributed by atoms with van der Waals surface area (Å²) in [5, 5.41) is 11.8. The molecule has 1 unspecified atom stereocenters. The molecule has 1 atom stereocenters. The summed E-state index contributed by atoms with van der Waals surface area (Å²) in [5.74, 6) is -0.593. The van der Waals surface area contributed by atoms with Crippen molar-refractivity contribution in [2.75, 3.05) is 19.0 Å². The number of carbonyl (C=O) groups is 2. The van der Waals surface area contributed by atoms with Crippen molar-refractivity contribution in [3.63, 3.8) is 0 Å². The highest BCUT2D eigenvalue weighted by molar-refractivity contribution is 6.27. The van der Waals surface area contributed by atoms with Crippen LogP contribution < -0.4 is 5.32 Å². The molecule has 20 heavy (non-hydrogen) atoms. The Labute approximate surface area is 121 Å². The Kier molecular flexibility index (Phi) is 7.46. The minimum Gasteiger partial charge on any atom is -0.431 e. The number of ether oxygens (including phenoxy) is 2. The van der Waals surface area contributed by atoms with Gasteiger partial charge in [0.25, 0.3) is 0 Å². The number of benzene rings is 1. The number of halogens is 1. The van der Waals surface area contributed by atoms with Gasteiger partial charge in [-0.15, -0.1) is 11.6 Å². The molecule has 1 aromatic rings. The number of alkyl halides is 1. The molecule has 1 rings (SSSR count). The molecule has 6 nitrogen and oxygen atoms in total. The van der Waals surface area contributed by atoms with E-state index in [1.165, 1.54) is 0 Å². The van der Waals surface area contributed by atoms with Crippen LogP contribution >= 0.6 is 11.6 Å². The van der Waals surface area contributed by atoms with Crippen LogP contribution in [0.15, 0.2) is 30.3 Å². The molecule has 0 aliphatic heterocycles. The third-order valence-corrected chi connectivity index (χ3v) is 2.49. The van der Waals surface area contributed by atoms with Crippen molar-refractivity contribution in [3.8, 4) is 0 Å². The maximum Gasteiger partial charge on any atom is 0.508 e. The highest BCUT2D eigenvalue weighted by Crippen LogP contribution is 2.01. The van der Waals surface area contributed by atoms with Gasteiger partial charge in [-0.1, -0.05) is 30.3 Å².